The number of hydrogen-bond donors (Lipinski definition) is 2. The number of nitrogens with one attached hydrogen (secondary N) is 2. The number of ether oxygens (including phenoxy) is 1. The number of rotatable bonds is 6. The smallest absolute Gasteiger partial charge is 0.256 e. The number of anilines is 2. The summed E-state index contributed by atoms with van der Waals surface area (Å²) in [5.41, 5.74) is 1.45. The van der Waals surface area contributed by atoms with Crippen molar-refractivity contribution in [2.45, 2.75) is 44.6 Å². The highest BCUT2D eigenvalue weighted by atomic mass is 32.2. The van der Waals surface area contributed by atoms with Gasteiger partial charge >= 0.3 is 0 Å². The molecule has 0 radical (unpaired) electrons. The Balaban J connectivity index is 1.67. The van der Waals surface area contributed by atoms with E-state index < -0.39 is 5.41 Å². The van der Waals surface area contributed by atoms with Gasteiger partial charge in [-0.25, -0.2) is 0 Å². The van der Waals surface area contributed by atoms with Gasteiger partial charge in [-0.1, -0.05) is 39.0 Å². The molecular formula is C23H28N2O3S. The maximum absolute atomic E-state index is 12.9. The fourth-order valence-corrected chi connectivity index (χ4v) is 4.05. The summed E-state index contributed by atoms with van der Waals surface area (Å²) in [7, 11) is 0. The zero-order valence-electron chi connectivity index (χ0n) is 17.2. The number of benzene rings is 2. The Morgan fingerprint density at radius 2 is 1.79 bits per heavy atom. The zero-order valence-corrected chi connectivity index (χ0v) is 18.0. The van der Waals surface area contributed by atoms with Gasteiger partial charge in [-0.3, -0.25) is 9.59 Å². The van der Waals surface area contributed by atoms with Gasteiger partial charge in [0, 0.05) is 34.0 Å². The van der Waals surface area contributed by atoms with Gasteiger partial charge in [0.15, 0.2) is 0 Å². The summed E-state index contributed by atoms with van der Waals surface area (Å²) >= 11 is 1.65. The predicted molar refractivity (Wildman–Crippen MR) is 119 cm³/mol. The number of carbonyl (C=O) groups excluding carboxylic acids is 2. The first-order valence-electron chi connectivity index (χ1n) is 9.89. The van der Waals surface area contributed by atoms with Crippen molar-refractivity contribution < 1.29 is 14.3 Å². The van der Waals surface area contributed by atoms with Crippen LogP contribution in [-0.4, -0.2) is 30.3 Å². The van der Waals surface area contributed by atoms with Gasteiger partial charge in [-0.2, -0.15) is 0 Å². The Morgan fingerprint density at radius 1 is 1.07 bits per heavy atom. The summed E-state index contributed by atoms with van der Waals surface area (Å²) in [6.07, 6.45) is 2.45. The summed E-state index contributed by atoms with van der Waals surface area (Å²) in [6, 6.07) is 14.8. The third-order valence-electron chi connectivity index (χ3n) is 4.64. The minimum absolute atomic E-state index is 0.0724. The van der Waals surface area contributed by atoms with Crippen LogP contribution in [0, 0.1) is 5.41 Å². The molecule has 2 aromatic rings. The molecule has 6 heteroatoms. The Morgan fingerprint density at radius 3 is 2.48 bits per heavy atom. The van der Waals surface area contributed by atoms with Gasteiger partial charge < -0.3 is 15.4 Å². The second-order valence-electron chi connectivity index (χ2n) is 8.18. The summed E-state index contributed by atoms with van der Waals surface area (Å²) in [4.78, 5) is 26.0. The SMILES string of the molecule is CC(C)(C)C(=O)Nc1cccc(NC(=O)c2ccccc2SCC2CCCO2)c1. The highest BCUT2D eigenvalue weighted by molar-refractivity contribution is 7.99. The van der Waals surface area contributed by atoms with Crippen LogP contribution >= 0.6 is 11.8 Å². The van der Waals surface area contributed by atoms with E-state index in [1.807, 2.05) is 63.2 Å². The van der Waals surface area contributed by atoms with Crippen molar-refractivity contribution in [1.29, 1.82) is 0 Å². The highest BCUT2D eigenvalue weighted by Crippen LogP contribution is 2.28. The van der Waals surface area contributed by atoms with Crippen LogP contribution in [0.4, 0.5) is 11.4 Å². The first kappa shape index (κ1) is 21.4. The maximum Gasteiger partial charge on any atom is 0.256 e. The van der Waals surface area contributed by atoms with Crippen LogP contribution in [0.3, 0.4) is 0 Å². The van der Waals surface area contributed by atoms with E-state index in [9.17, 15) is 9.59 Å². The number of carbonyl (C=O) groups is 2. The molecule has 0 aliphatic carbocycles. The lowest BCUT2D eigenvalue weighted by atomic mass is 9.95. The standard InChI is InChI=1S/C23H28N2O3S/c1-23(2,3)22(27)25-17-9-6-8-16(14-17)24-21(26)19-11-4-5-12-20(19)29-15-18-10-7-13-28-18/h4-6,8-9,11-12,14,18H,7,10,13,15H2,1-3H3,(H,24,26)(H,25,27). The average Bonchev–Trinajstić information content (AvgIpc) is 3.20. The lowest BCUT2D eigenvalue weighted by molar-refractivity contribution is -0.123. The molecule has 3 rings (SSSR count). The molecule has 1 aliphatic heterocycles. The van der Waals surface area contributed by atoms with E-state index in [-0.39, 0.29) is 17.9 Å². The Labute approximate surface area is 176 Å². The summed E-state index contributed by atoms with van der Waals surface area (Å²) in [6.45, 7) is 6.41. The fourth-order valence-electron chi connectivity index (χ4n) is 2.93. The van der Waals surface area contributed by atoms with Crippen molar-refractivity contribution in [1.82, 2.24) is 0 Å². The van der Waals surface area contributed by atoms with Gasteiger partial charge in [0.25, 0.3) is 5.91 Å². The lowest BCUT2D eigenvalue weighted by Gasteiger charge is -2.18. The zero-order chi connectivity index (χ0) is 20.9. The second kappa shape index (κ2) is 9.46. The van der Waals surface area contributed by atoms with Crippen LogP contribution in [0.1, 0.15) is 44.0 Å². The lowest BCUT2D eigenvalue weighted by Crippen LogP contribution is -2.27. The molecule has 2 aromatic carbocycles. The van der Waals surface area contributed by atoms with Crippen LogP contribution in [0.2, 0.25) is 0 Å². The van der Waals surface area contributed by atoms with Gasteiger partial charge in [-0.05, 0) is 43.2 Å². The first-order valence-corrected chi connectivity index (χ1v) is 10.9. The Bertz CT molecular complexity index is 870. The second-order valence-corrected chi connectivity index (χ2v) is 9.24. The molecule has 1 heterocycles. The molecule has 1 atom stereocenters. The minimum atomic E-state index is -0.488. The normalized spacial score (nSPS) is 16.4. The molecule has 0 bridgehead atoms. The number of hydrogen-bond acceptors (Lipinski definition) is 4. The van der Waals surface area contributed by atoms with E-state index in [0.29, 0.717) is 16.9 Å². The van der Waals surface area contributed by atoms with E-state index in [2.05, 4.69) is 10.6 Å². The molecule has 1 unspecified atom stereocenters. The summed E-state index contributed by atoms with van der Waals surface area (Å²) in [5, 5.41) is 5.83. The summed E-state index contributed by atoms with van der Waals surface area (Å²) < 4.78 is 5.68. The Kier molecular flexibility index (Phi) is 6.98. The molecule has 0 aromatic heterocycles. The predicted octanol–water partition coefficient (Wildman–Crippen LogP) is 5.19. The molecule has 29 heavy (non-hydrogen) atoms. The number of thioether (sulfide) groups is 1. The summed E-state index contributed by atoms with van der Waals surface area (Å²) in [5.74, 6) is 0.607. The van der Waals surface area contributed by atoms with E-state index in [0.717, 1.165) is 30.1 Å². The highest BCUT2D eigenvalue weighted by Gasteiger charge is 2.21. The molecule has 1 fully saturated rings. The van der Waals surface area contributed by atoms with Gasteiger partial charge in [0.05, 0.1) is 11.7 Å². The third-order valence-corrected chi connectivity index (χ3v) is 5.85. The monoisotopic (exact) mass is 412 g/mol. The molecule has 2 N–H and O–H groups in total. The molecule has 2 amide bonds. The van der Waals surface area contributed by atoms with Gasteiger partial charge in [0.1, 0.15) is 0 Å². The van der Waals surface area contributed by atoms with Crippen molar-refractivity contribution in [3.05, 3.63) is 54.1 Å². The topological polar surface area (TPSA) is 67.4 Å². The van der Waals surface area contributed by atoms with Crippen molar-refractivity contribution in [2.24, 2.45) is 5.41 Å². The molecule has 0 saturated carbocycles. The van der Waals surface area contributed by atoms with Crippen LogP contribution in [0.5, 0.6) is 0 Å². The van der Waals surface area contributed by atoms with Crippen LogP contribution < -0.4 is 10.6 Å². The van der Waals surface area contributed by atoms with E-state index in [1.54, 1.807) is 17.8 Å². The third kappa shape index (κ3) is 6.08. The van der Waals surface area contributed by atoms with Gasteiger partial charge in [-0.15, -0.1) is 11.8 Å². The Hall–Kier alpha value is -2.31. The van der Waals surface area contributed by atoms with E-state index in [1.165, 1.54) is 0 Å². The van der Waals surface area contributed by atoms with Crippen LogP contribution in [0.15, 0.2) is 53.4 Å². The maximum atomic E-state index is 12.9. The van der Waals surface area contributed by atoms with Crippen molar-refractivity contribution in [2.75, 3.05) is 23.0 Å². The van der Waals surface area contributed by atoms with Crippen molar-refractivity contribution in [3.8, 4) is 0 Å². The first-order chi connectivity index (χ1) is 13.8. The molecule has 1 aliphatic rings. The molecule has 0 spiro atoms. The van der Waals surface area contributed by atoms with E-state index in [4.69, 9.17) is 4.74 Å². The molecule has 1 saturated heterocycles. The molecule has 154 valence electrons. The van der Waals surface area contributed by atoms with Crippen LogP contribution in [-0.2, 0) is 9.53 Å². The van der Waals surface area contributed by atoms with Crippen LogP contribution in [0.25, 0.3) is 0 Å². The van der Waals surface area contributed by atoms with E-state index >= 15 is 0 Å². The largest absolute Gasteiger partial charge is 0.377 e. The van der Waals surface area contributed by atoms with Gasteiger partial charge in [0.2, 0.25) is 5.91 Å². The number of amides is 2. The molecule has 5 nitrogen and oxygen atoms in total. The van der Waals surface area contributed by atoms with Crippen molar-refractivity contribution in [3.63, 3.8) is 0 Å². The molecular weight excluding hydrogens is 384 g/mol. The quantitative estimate of drug-likeness (QED) is 0.641. The fraction of sp³-hybridized carbons (Fsp3) is 0.391. The van der Waals surface area contributed by atoms with Crippen molar-refractivity contribution >= 4 is 35.0 Å². The average molecular weight is 413 g/mol. The minimum Gasteiger partial charge on any atom is -0.377 e.